The number of rotatable bonds is 3. The van der Waals surface area contributed by atoms with E-state index in [0.29, 0.717) is 29.9 Å². The molecule has 0 radical (unpaired) electrons. The summed E-state index contributed by atoms with van der Waals surface area (Å²) in [7, 11) is 0. The van der Waals surface area contributed by atoms with Gasteiger partial charge in [0.05, 0.1) is 11.8 Å². The molecule has 8 nitrogen and oxygen atoms in total. The molecule has 1 aromatic carbocycles. The van der Waals surface area contributed by atoms with Gasteiger partial charge in [0.15, 0.2) is 11.5 Å². The van der Waals surface area contributed by atoms with E-state index in [2.05, 4.69) is 10.9 Å². The maximum atomic E-state index is 12.2. The van der Waals surface area contributed by atoms with Crippen LogP contribution in [0.15, 0.2) is 18.2 Å². The topological polar surface area (TPSA) is 114 Å². The summed E-state index contributed by atoms with van der Waals surface area (Å²) in [6.07, 6.45) is 2.58. The Hall–Kier alpha value is -2.77. The maximum Gasteiger partial charge on any atom is 0.307 e. The second kappa shape index (κ2) is 6.77. The largest absolute Gasteiger partial charge is 0.481 e. The summed E-state index contributed by atoms with van der Waals surface area (Å²) in [5.41, 5.74) is 4.95. The molecule has 0 bridgehead atoms. The second-order valence-electron chi connectivity index (χ2n) is 5.85. The van der Waals surface area contributed by atoms with E-state index in [9.17, 15) is 19.5 Å². The average Bonchev–Trinajstić information content (AvgIpc) is 3.06. The number of nitrogens with one attached hydrogen (secondary N) is 2. The first-order chi connectivity index (χ1) is 11.6. The molecule has 1 fully saturated rings. The molecular weight excluding hydrogens is 316 g/mol. The maximum absolute atomic E-state index is 12.2. The van der Waals surface area contributed by atoms with Gasteiger partial charge >= 0.3 is 5.97 Å². The Morgan fingerprint density at radius 2 is 1.71 bits per heavy atom. The average molecular weight is 334 g/mol. The minimum atomic E-state index is -0.975. The standard InChI is InChI=1S/C16H18N2O6/c19-14(9-5-6-12-13(7-9)24-8-23-12)17-18-15(20)10-3-1-2-4-11(10)16(21)22/h5-7,10-11H,1-4,8H2,(H,17,19)(H,18,20)(H,21,22)/t10-,11+/m0/s1. The fraction of sp³-hybridized carbons (Fsp3) is 0.438. The highest BCUT2D eigenvalue weighted by Crippen LogP contribution is 2.32. The van der Waals surface area contributed by atoms with Gasteiger partial charge in [-0.05, 0) is 31.0 Å². The number of amides is 2. The van der Waals surface area contributed by atoms with Gasteiger partial charge in [0.2, 0.25) is 12.7 Å². The van der Waals surface area contributed by atoms with Gasteiger partial charge in [-0.3, -0.25) is 25.2 Å². The fourth-order valence-electron chi connectivity index (χ4n) is 3.06. The summed E-state index contributed by atoms with van der Waals surface area (Å²) in [6, 6.07) is 4.68. The van der Waals surface area contributed by atoms with Crippen LogP contribution in [-0.2, 0) is 9.59 Å². The molecule has 8 heteroatoms. The molecule has 2 aliphatic rings. The fourth-order valence-corrected chi connectivity index (χ4v) is 3.06. The first-order valence-corrected chi connectivity index (χ1v) is 7.79. The Kier molecular flexibility index (Phi) is 4.54. The van der Waals surface area contributed by atoms with Gasteiger partial charge in [-0.2, -0.15) is 0 Å². The van der Waals surface area contributed by atoms with E-state index in [4.69, 9.17) is 9.47 Å². The first-order valence-electron chi connectivity index (χ1n) is 7.79. The van der Waals surface area contributed by atoms with Crippen LogP contribution in [0.1, 0.15) is 36.0 Å². The molecule has 2 amide bonds. The highest BCUT2D eigenvalue weighted by Gasteiger charge is 2.35. The highest BCUT2D eigenvalue weighted by atomic mass is 16.7. The third-order valence-corrected chi connectivity index (χ3v) is 4.35. The first kappa shape index (κ1) is 16.1. The van der Waals surface area contributed by atoms with Crippen LogP contribution in [0.5, 0.6) is 11.5 Å². The number of fused-ring (bicyclic) bond motifs is 1. The van der Waals surface area contributed by atoms with Crippen molar-refractivity contribution in [3.05, 3.63) is 23.8 Å². The van der Waals surface area contributed by atoms with Crippen molar-refractivity contribution in [1.82, 2.24) is 10.9 Å². The van der Waals surface area contributed by atoms with Crippen LogP contribution in [0.4, 0.5) is 0 Å². The van der Waals surface area contributed by atoms with Gasteiger partial charge in [-0.1, -0.05) is 12.8 Å². The number of hydrazine groups is 1. The summed E-state index contributed by atoms with van der Waals surface area (Å²) in [5, 5.41) is 9.21. The molecular formula is C16H18N2O6. The van der Waals surface area contributed by atoms with Gasteiger partial charge in [0.25, 0.3) is 5.91 Å². The molecule has 0 aromatic heterocycles. The van der Waals surface area contributed by atoms with Gasteiger partial charge in [-0.25, -0.2) is 0 Å². The van der Waals surface area contributed by atoms with E-state index in [1.54, 1.807) is 12.1 Å². The lowest BCUT2D eigenvalue weighted by atomic mass is 9.79. The van der Waals surface area contributed by atoms with Crippen LogP contribution in [0.3, 0.4) is 0 Å². The third kappa shape index (κ3) is 3.27. The molecule has 1 saturated carbocycles. The summed E-state index contributed by atoms with van der Waals surface area (Å²) in [6.45, 7) is 0.107. The Bertz CT molecular complexity index is 675. The van der Waals surface area contributed by atoms with E-state index in [0.717, 1.165) is 12.8 Å². The number of carboxylic acid groups (broad SMARTS) is 1. The van der Waals surface area contributed by atoms with Crippen molar-refractivity contribution in [3.8, 4) is 11.5 Å². The van der Waals surface area contributed by atoms with Gasteiger partial charge in [-0.15, -0.1) is 0 Å². The Morgan fingerprint density at radius 1 is 1.00 bits per heavy atom. The van der Waals surface area contributed by atoms with Crippen molar-refractivity contribution in [1.29, 1.82) is 0 Å². The third-order valence-electron chi connectivity index (χ3n) is 4.35. The van der Waals surface area contributed by atoms with Crippen molar-refractivity contribution >= 4 is 17.8 Å². The predicted octanol–water partition coefficient (Wildman–Crippen LogP) is 1.07. The number of aliphatic carboxylic acids is 1. The Balaban J connectivity index is 1.59. The van der Waals surface area contributed by atoms with Crippen LogP contribution in [0, 0.1) is 11.8 Å². The molecule has 128 valence electrons. The number of carboxylic acids is 1. The molecule has 0 saturated heterocycles. The number of carbonyl (C=O) groups is 3. The number of carbonyl (C=O) groups excluding carboxylic acids is 2. The van der Waals surface area contributed by atoms with Crippen LogP contribution in [-0.4, -0.2) is 29.7 Å². The predicted molar refractivity (Wildman–Crippen MR) is 81.3 cm³/mol. The van der Waals surface area contributed by atoms with Crippen molar-refractivity contribution in [2.75, 3.05) is 6.79 Å². The van der Waals surface area contributed by atoms with E-state index < -0.39 is 29.6 Å². The van der Waals surface area contributed by atoms with E-state index >= 15 is 0 Å². The molecule has 1 aliphatic carbocycles. The Labute approximate surface area is 138 Å². The summed E-state index contributed by atoms with van der Waals surface area (Å²) in [5.74, 6) is -2.28. The molecule has 3 rings (SSSR count). The zero-order valence-corrected chi connectivity index (χ0v) is 12.9. The van der Waals surface area contributed by atoms with Crippen LogP contribution < -0.4 is 20.3 Å². The van der Waals surface area contributed by atoms with Crippen molar-refractivity contribution in [3.63, 3.8) is 0 Å². The van der Waals surface area contributed by atoms with Crippen molar-refractivity contribution in [2.24, 2.45) is 11.8 Å². The molecule has 24 heavy (non-hydrogen) atoms. The lowest BCUT2D eigenvalue weighted by Crippen LogP contribution is -2.47. The SMILES string of the molecule is O=C(NNC(=O)[C@H]1CCCC[C@H]1C(=O)O)c1ccc2c(c1)OCO2. The molecule has 1 aliphatic heterocycles. The molecule has 0 spiro atoms. The Morgan fingerprint density at radius 3 is 2.46 bits per heavy atom. The van der Waals surface area contributed by atoms with Gasteiger partial charge < -0.3 is 14.6 Å². The van der Waals surface area contributed by atoms with E-state index in [1.807, 2.05) is 0 Å². The second-order valence-corrected chi connectivity index (χ2v) is 5.85. The van der Waals surface area contributed by atoms with Gasteiger partial charge in [0.1, 0.15) is 0 Å². The van der Waals surface area contributed by atoms with Crippen LogP contribution in [0.2, 0.25) is 0 Å². The summed E-state index contributed by atoms with van der Waals surface area (Å²) < 4.78 is 10.4. The van der Waals surface area contributed by atoms with Crippen LogP contribution in [0.25, 0.3) is 0 Å². The van der Waals surface area contributed by atoms with Gasteiger partial charge in [0, 0.05) is 5.56 Å². The minimum Gasteiger partial charge on any atom is -0.481 e. The smallest absolute Gasteiger partial charge is 0.307 e. The number of hydrogen-bond donors (Lipinski definition) is 3. The molecule has 2 atom stereocenters. The number of hydrogen-bond acceptors (Lipinski definition) is 5. The monoisotopic (exact) mass is 334 g/mol. The zero-order valence-electron chi connectivity index (χ0n) is 12.9. The van der Waals surface area contributed by atoms with E-state index in [1.165, 1.54) is 6.07 Å². The van der Waals surface area contributed by atoms with Crippen molar-refractivity contribution < 1.29 is 29.0 Å². The van der Waals surface area contributed by atoms with Crippen LogP contribution >= 0.6 is 0 Å². The lowest BCUT2D eigenvalue weighted by molar-refractivity contribution is -0.149. The highest BCUT2D eigenvalue weighted by molar-refractivity contribution is 5.96. The number of benzene rings is 1. The molecule has 1 heterocycles. The molecule has 0 unspecified atom stereocenters. The lowest BCUT2D eigenvalue weighted by Gasteiger charge is -2.27. The minimum absolute atomic E-state index is 0.107. The number of ether oxygens (including phenoxy) is 2. The van der Waals surface area contributed by atoms with Crippen molar-refractivity contribution in [2.45, 2.75) is 25.7 Å². The molecule has 1 aromatic rings. The summed E-state index contributed by atoms with van der Waals surface area (Å²) >= 11 is 0. The molecule has 3 N–H and O–H groups in total. The normalized spacial score (nSPS) is 21.8. The summed E-state index contributed by atoms with van der Waals surface area (Å²) in [4.78, 5) is 35.6. The zero-order chi connectivity index (χ0) is 17.1. The quantitative estimate of drug-likeness (QED) is 0.713. The van der Waals surface area contributed by atoms with E-state index in [-0.39, 0.29) is 6.79 Å².